The first kappa shape index (κ1) is 107. The first-order valence-electron chi connectivity index (χ1n) is 41.4. The molecule has 10 rings (SSSR count). The molecule has 10 heterocycles. The number of amides is 5. The number of hydrogen-bond acceptors (Lipinski definition) is 53. The average molecular weight is 1900 g/mol. The second-order valence-corrected chi connectivity index (χ2v) is 32.5. The lowest BCUT2D eigenvalue weighted by molar-refractivity contribution is -0.382. The van der Waals surface area contributed by atoms with E-state index >= 15 is 0 Å². The molecule has 0 saturated carbocycles. The quantitative estimate of drug-likeness (QED) is 0.0255. The Kier molecular flexibility index (Phi) is 39.8. The van der Waals surface area contributed by atoms with Crippen LogP contribution in [0, 0.1) is 0 Å². The van der Waals surface area contributed by atoms with Gasteiger partial charge in [-0.15, -0.1) is 0 Å². The summed E-state index contributed by atoms with van der Waals surface area (Å²) in [6, 6.07) is -8.19. The highest BCUT2D eigenvalue weighted by molar-refractivity contribution is 5.74. The minimum Gasteiger partial charge on any atom is -0.394 e. The zero-order chi connectivity index (χ0) is 95.6. The van der Waals surface area contributed by atoms with E-state index in [1.807, 2.05) is 0 Å². The Bertz CT molecular complexity index is 3500. The highest BCUT2D eigenvalue weighted by Gasteiger charge is 2.61. The maximum Gasteiger partial charge on any atom is 0.217 e. The lowest BCUT2D eigenvalue weighted by atomic mass is 9.94. The van der Waals surface area contributed by atoms with Crippen molar-refractivity contribution in [3.8, 4) is 0 Å². The van der Waals surface area contributed by atoms with Gasteiger partial charge in [0.05, 0.1) is 85.3 Å². The average Bonchev–Trinajstić information content (AvgIpc) is 0.767. The van der Waals surface area contributed by atoms with Crippen molar-refractivity contribution >= 4 is 30.0 Å². The van der Waals surface area contributed by atoms with E-state index in [1.54, 1.807) is 0 Å². The van der Waals surface area contributed by atoms with Crippen molar-refractivity contribution in [1.29, 1.82) is 0 Å². The van der Waals surface area contributed by atoms with Crippen molar-refractivity contribution < 1.29 is 262 Å². The molecule has 130 heavy (non-hydrogen) atoms. The van der Waals surface area contributed by atoms with Gasteiger partial charge < -0.3 is 264 Å². The maximum atomic E-state index is 12.9. The van der Waals surface area contributed by atoms with Crippen LogP contribution in [0.5, 0.6) is 0 Å². The second-order valence-electron chi connectivity index (χ2n) is 32.5. The smallest absolute Gasteiger partial charge is 0.217 e. The van der Waals surface area contributed by atoms with Gasteiger partial charge in [-0.3, -0.25) is 24.0 Å². The molecule has 10 aliphatic heterocycles. The van der Waals surface area contributed by atoms with Crippen LogP contribution < -0.4 is 26.6 Å². The van der Waals surface area contributed by atoms with Crippen molar-refractivity contribution in [3.05, 3.63) is 0 Å². The maximum absolute atomic E-state index is 12.9. The molecule has 58 heteroatoms. The molecule has 0 unspecified atom stereocenters. The van der Waals surface area contributed by atoms with Gasteiger partial charge in [-0.25, -0.2) is 0 Å². The minimum atomic E-state index is -2.28. The third-order valence-corrected chi connectivity index (χ3v) is 23.4. The lowest BCUT2D eigenvalue weighted by Crippen LogP contribution is -2.70. The summed E-state index contributed by atoms with van der Waals surface area (Å²) in [6.07, 6.45) is -91.0. The van der Waals surface area contributed by atoms with E-state index in [1.165, 1.54) is 0 Å². The Morgan fingerprint density at radius 3 is 0.769 bits per heavy atom. The summed E-state index contributed by atoms with van der Waals surface area (Å²) in [5.41, 5.74) is 0. The zero-order valence-corrected chi connectivity index (χ0v) is 69.7. The molecule has 0 radical (unpaired) electrons. The Balaban J connectivity index is 0.761. The molecule has 10 saturated heterocycles. The Morgan fingerprint density at radius 2 is 0.485 bits per heavy atom. The third kappa shape index (κ3) is 24.6. The molecule has 5 amide bonds. The topological polar surface area (TPSA) is 897 Å². The molecule has 0 bridgehead atoms. The van der Waals surface area contributed by atoms with Crippen molar-refractivity contribution in [2.24, 2.45) is 0 Å². The molecule has 58 nitrogen and oxygen atoms in total. The van der Waals surface area contributed by atoms with E-state index in [9.17, 15) is 167 Å². The fourth-order valence-corrected chi connectivity index (χ4v) is 16.4. The predicted octanol–water partition coefficient (Wildman–Crippen LogP) is -23.1. The fraction of sp³-hybridized carbons (Fsp3) is 0.931. The molecule has 0 aromatic rings. The van der Waals surface area contributed by atoms with Crippen LogP contribution in [-0.4, -0.2) is 565 Å². The van der Waals surface area contributed by atoms with Gasteiger partial charge in [-0.05, 0) is 0 Å². The van der Waals surface area contributed by atoms with Crippen LogP contribution in [0.15, 0.2) is 0 Å². The summed E-state index contributed by atoms with van der Waals surface area (Å²) in [7, 11) is 0. The molecule has 33 N–H and O–H groups in total. The van der Waals surface area contributed by atoms with E-state index in [2.05, 4.69) is 26.6 Å². The zero-order valence-electron chi connectivity index (χ0n) is 69.7. The van der Waals surface area contributed by atoms with Crippen molar-refractivity contribution in [2.45, 2.75) is 341 Å². The van der Waals surface area contributed by atoms with Gasteiger partial charge >= 0.3 is 0 Å². The van der Waals surface area contributed by atoms with E-state index in [0.717, 1.165) is 27.7 Å². The summed E-state index contributed by atoms with van der Waals surface area (Å²) >= 11 is 0. The van der Waals surface area contributed by atoms with Crippen LogP contribution >= 0.6 is 0 Å². The SMILES string of the molecule is CC(=O)N[C@H]1[C@H](OC[C@H]2O[C@@H](O[C@H]3[C@H](O)[C@@H](NC(C)=O)[C@H](OC[C@H]4O[C@@H](O[C@H]5[C@H](O)[C@@H](NC(C)=O)[C@H](OC[C@H]6O[C@@H](O[C@H]7[C@H](O)[C@@H](NC(C)=O)[C@H](O[C@H]8[C@@H](O)[C@@H](CO)O[C@@H](O[C@H]9[C@H](O)[C@@H](O)[C@H](OC[C@@H](CO)NC=O)O[C@@H]9CO)[C@@H]8O)O[C@@H]7CO)[C@H](O)[C@@H](O)[C@H]6O)O[C@@H]5CO)[C@H](O)[C@@H](O)[C@H]4O)O[C@@H]3CO)[C@H](O)[C@@H](O)[C@H]2O)O[C@H](CO)[C@@H](O[C@@H]2O[C@H](CO)[C@H](O)[C@H](O)[C@H]2O)[C@@H]1O. The number of ether oxygens (including phenoxy) is 20. The fourth-order valence-electron chi connectivity index (χ4n) is 16.4. The number of aliphatic hydroxyl groups is 28. The first-order valence-corrected chi connectivity index (χ1v) is 41.4. The number of nitrogens with one attached hydrogen (secondary N) is 5. The largest absolute Gasteiger partial charge is 0.394 e. The number of rotatable bonds is 38. The van der Waals surface area contributed by atoms with E-state index in [-0.39, 0.29) is 6.41 Å². The number of hydrogen-bond donors (Lipinski definition) is 33. The van der Waals surface area contributed by atoms with E-state index in [0.29, 0.717) is 0 Å². The molecular weight excluding hydrogens is 1780 g/mol. The van der Waals surface area contributed by atoms with Gasteiger partial charge in [0, 0.05) is 27.7 Å². The molecule has 752 valence electrons. The predicted molar refractivity (Wildman–Crippen MR) is 400 cm³/mol. The van der Waals surface area contributed by atoms with Crippen LogP contribution in [0.2, 0.25) is 0 Å². The van der Waals surface area contributed by atoms with Crippen molar-refractivity contribution in [1.82, 2.24) is 26.6 Å². The van der Waals surface area contributed by atoms with Crippen LogP contribution in [0.3, 0.4) is 0 Å². The monoisotopic (exact) mass is 1900 g/mol. The highest BCUT2D eigenvalue weighted by atomic mass is 16.8. The number of carbonyl (C=O) groups excluding carboxylic acids is 5. The molecule has 0 aromatic carbocycles. The van der Waals surface area contributed by atoms with Gasteiger partial charge in [-0.2, -0.15) is 0 Å². The number of carbonyl (C=O) groups is 5. The van der Waals surface area contributed by atoms with Crippen LogP contribution in [0.25, 0.3) is 0 Å². The summed E-state index contributed by atoms with van der Waals surface area (Å²) in [4.78, 5) is 62.0. The lowest BCUT2D eigenvalue weighted by Gasteiger charge is -2.50. The van der Waals surface area contributed by atoms with E-state index < -0.39 is 416 Å². The van der Waals surface area contributed by atoms with Gasteiger partial charge in [0.25, 0.3) is 0 Å². The summed E-state index contributed by atoms with van der Waals surface area (Å²) in [6.45, 7) is -7.32. The van der Waals surface area contributed by atoms with Crippen LogP contribution in [0.4, 0.5) is 0 Å². The summed E-state index contributed by atoms with van der Waals surface area (Å²) < 4.78 is 116. The van der Waals surface area contributed by atoms with Gasteiger partial charge in [0.15, 0.2) is 62.9 Å². The standard InChI is InChI=1S/C72H121N5O53/c1-18(87)74-33-42(96)57(125-68-51(105)46(100)37(91)23(6-79)115-68)25(8-81)117-63(33)112-14-30-38(92)47(101)52(106)69(122-30)126-58-26(9-82)118-64(34(43(58)97)75-19(2)88)113-15-31-39(93)48(102)53(107)70(123-31)127-59-27(10-83)119-65(35(44(59)98)76-20(3)89)114-16-32-40(94)49(103)54(108)71(124-32)128-60-28(11-84)120-66(36(45(60)99)77-21(4)90)130-62-41(95)24(7-80)116-72(56(62)110)129-61-29(12-85)121-67(55(109)50(61)104)111-13-22(5-78)73-17-86/h17,22-72,78-85,91-110H,5-16H2,1-4H3,(H,73,86)(H,74,87)(H,75,88)(H,76,89)(H,77,90)/t22-,23-,24-,25-,26-,27-,28-,29-,30-,31-,32-,33-,34-,35-,36-,37+,38+,39+,40+,41+,42-,43-,44-,45-,46+,47+,48+,49+,50-,51-,52-,53-,54-,55-,56-,57-,58-,59-,60-,61-,62+,63-,64-,65-,66+,67-,68+,69+,70+,71+,72+/m1/s1. The molecule has 51 atom stereocenters. The Morgan fingerprint density at radius 1 is 0.254 bits per heavy atom. The normalized spacial score (nSPS) is 47.6. The minimum absolute atomic E-state index is 0.254. The highest BCUT2D eigenvalue weighted by Crippen LogP contribution is 2.40. The molecule has 0 aliphatic carbocycles. The Hall–Kier alpha value is -4.57. The Labute approximate surface area is 736 Å². The molecule has 0 aromatic heterocycles. The van der Waals surface area contributed by atoms with Gasteiger partial charge in [-0.1, -0.05) is 0 Å². The van der Waals surface area contributed by atoms with Gasteiger partial charge in [0.2, 0.25) is 30.0 Å². The third-order valence-electron chi connectivity index (χ3n) is 23.4. The summed E-state index contributed by atoms with van der Waals surface area (Å²) in [5.74, 6) is -3.55. The molecular formula is C72H121N5O53. The second kappa shape index (κ2) is 48.1. The first-order chi connectivity index (χ1) is 61.6. The molecule has 0 spiro atoms. The van der Waals surface area contributed by atoms with Gasteiger partial charge in [0.1, 0.15) is 244 Å². The summed E-state index contributed by atoms with van der Waals surface area (Å²) in [5, 5.41) is 320. The number of aliphatic hydroxyl groups excluding tert-OH is 28. The van der Waals surface area contributed by atoms with Crippen LogP contribution in [-0.2, 0) is 119 Å². The van der Waals surface area contributed by atoms with E-state index in [4.69, 9.17) is 94.7 Å². The van der Waals surface area contributed by atoms with Crippen molar-refractivity contribution in [3.63, 3.8) is 0 Å². The van der Waals surface area contributed by atoms with Crippen molar-refractivity contribution in [2.75, 3.05) is 79.3 Å². The molecule has 10 fully saturated rings. The van der Waals surface area contributed by atoms with Crippen LogP contribution in [0.1, 0.15) is 27.7 Å². The molecule has 10 aliphatic rings.